The van der Waals surface area contributed by atoms with Crippen LogP contribution in [0.3, 0.4) is 0 Å². The lowest BCUT2D eigenvalue weighted by molar-refractivity contribution is 0.105. The molecule has 1 aliphatic carbocycles. The molecule has 0 spiro atoms. The molecule has 1 N–H and O–H groups in total. The van der Waals surface area contributed by atoms with E-state index < -0.39 is 0 Å². The highest BCUT2D eigenvalue weighted by atomic mass is 15.0. The zero-order valence-corrected chi connectivity index (χ0v) is 8.49. The first-order chi connectivity index (χ1) is 4.79. The van der Waals surface area contributed by atoms with Gasteiger partial charge in [-0.2, -0.15) is 0 Å². The van der Waals surface area contributed by atoms with Gasteiger partial charge in [0.1, 0.15) is 0 Å². The maximum absolute atomic E-state index is 3.61. The molecule has 1 saturated carbocycles. The van der Waals surface area contributed by atoms with E-state index in [0.29, 0.717) is 11.0 Å². The summed E-state index contributed by atoms with van der Waals surface area (Å²) in [6.45, 7) is 11.4. The van der Waals surface area contributed by atoms with Crippen LogP contribution in [0.4, 0.5) is 0 Å². The monoisotopic (exact) mass is 155 g/mol. The van der Waals surface area contributed by atoms with Gasteiger partial charge in [0, 0.05) is 11.6 Å². The second kappa shape index (κ2) is 2.48. The quantitative estimate of drug-likeness (QED) is 0.613. The van der Waals surface area contributed by atoms with Crippen LogP contribution in [0.1, 0.15) is 47.5 Å². The minimum absolute atomic E-state index is 0.293. The molecule has 0 aromatic rings. The van der Waals surface area contributed by atoms with Crippen molar-refractivity contribution in [1.29, 1.82) is 0 Å². The lowest BCUT2D eigenvalue weighted by Gasteiger charge is -2.46. The Morgan fingerprint density at radius 1 is 1.18 bits per heavy atom. The Labute approximate surface area is 70.6 Å². The highest BCUT2D eigenvalue weighted by Gasteiger charge is 2.37. The van der Waals surface area contributed by atoms with E-state index in [1.165, 1.54) is 12.8 Å². The fourth-order valence-electron chi connectivity index (χ4n) is 1.99. The van der Waals surface area contributed by atoms with Gasteiger partial charge in [-0.25, -0.2) is 0 Å². The van der Waals surface area contributed by atoms with Crippen LogP contribution < -0.4 is 5.32 Å². The highest BCUT2D eigenvalue weighted by Crippen LogP contribution is 2.40. The molecule has 0 aliphatic heterocycles. The van der Waals surface area contributed by atoms with Gasteiger partial charge in [0.2, 0.25) is 0 Å². The first kappa shape index (κ1) is 9.05. The molecular weight excluding hydrogens is 134 g/mol. The lowest BCUT2D eigenvalue weighted by Crippen LogP contribution is -2.52. The summed E-state index contributed by atoms with van der Waals surface area (Å²) < 4.78 is 0. The summed E-state index contributed by atoms with van der Waals surface area (Å²) in [6, 6.07) is 0.769. The van der Waals surface area contributed by atoms with Gasteiger partial charge in [0.25, 0.3) is 0 Å². The molecule has 0 radical (unpaired) electrons. The molecule has 11 heavy (non-hydrogen) atoms. The third kappa shape index (κ3) is 2.82. The zero-order chi connectivity index (χ0) is 8.70. The fourth-order valence-corrected chi connectivity index (χ4v) is 1.99. The molecule has 66 valence electrons. The summed E-state index contributed by atoms with van der Waals surface area (Å²) in [4.78, 5) is 0. The van der Waals surface area contributed by atoms with Crippen molar-refractivity contribution >= 4 is 0 Å². The Morgan fingerprint density at radius 3 is 1.91 bits per heavy atom. The topological polar surface area (TPSA) is 12.0 Å². The molecule has 1 heteroatoms. The van der Waals surface area contributed by atoms with Crippen molar-refractivity contribution in [2.75, 3.05) is 0 Å². The first-order valence-electron chi connectivity index (χ1n) is 4.56. The Hall–Kier alpha value is -0.0400. The standard InChI is InChI=1S/C10H21N/c1-9(2,3)11-8-6-10(4,5)7-8/h8,11H,6-7H2,1-5H3. The van der Waals surface area contributed by atoms with Crippen molar-refractivity contribution in [3.63, 3.8) is 0 Å². The van der Waals surface area contributed by atoms with Crippen molar-refractivity contribution in [2.45, 2.75) is 59.0 Å². The van der Waals surface area contributed by atoms with Crippen molar-refractivity contribution < 1.29 is 0 Å². The van der Waals surface area contributed by atoms with Crippen molar-refractivity contribution in [3.05, 3.63) is 0 Å². The van der Waals surface area contributed by atoms with Crippen LogP contribution in [0.2, 0.25) is 0 Å². The van der Waals surface area contributed by atoms with Crippen LogP contribution in [0.25, 0.3) is 0 Å². The molecule has 0 heterocycles. The predicted molar refractivity (Wildman–Crippen MR) is 49.7 cm³/mol. The van der Waals surface area contributed by atoms with Crippen LogP contribution in [-0.4, -0.2) is 11.6 Å². The zero-order valence-electron chi connectivity index (χ0n) is 8.49. The van der Waals surface area contributed by atoms with Crippen LogP contribution in [0.15, 0.2) is 0 Å². The summed E-state index contributed by atoms with van der Waals surface area (Å²) >= 11 is 0. The van der Waals surface area contributed by atoms with Gasteiger partial charge in [0.15, 0.2) is 0 Å². The molecule has 0 aromatic heterocycles. The van der Waals surface area contributed by atoms with Gasteiger partial charge in [-0.3, -0.25) is 0 Å². The second-order valence-corrected chi connectivity index (χ2v) is 5.66. The van der Waals surface area contributed by atoms with E-state index >= 15 is 0 Å². The molecule has 0 aromatic carbocycles. The first-order valence-corrected chi connectivity index (χ1v) is 4.56. The fraction of sp³-hybridized carbons (Fsp3) is 1.00. The molecule has 0 bridgehead atoms. The Bertz CT molecular complexity index is 133. The number of rotatable bonds is 1. The SMILES string of the molecule is CC1(C)CC(NC(C)(C)C)C1. The largest absolute Gasteiger partial charge is 0.309 e. The molecule has 1 fully saturated rings. The van der Waals surface area contributed by atoms with Crippen LogP contribution >= 0.6 is 0 Å². The van der Waals surface area contributed by atoms with Crippen LogP contribution in [0.5, 0.6) is 0 Å². The van der Waals surface area contributed by atoms with Crippen molar-refractivity contribution in [2.24, 2.45) is 5.41 Å². The summed E-state index contributed by atoms with van der Waals surface area (Å²) in [5.41, 5.74) is 0.893. The molecule has 0 saturated heterocycles. The van der Waals surface area contributed by atoms with E-state index in [1.807, 2.05) is 0 Å². The van der Waals surface area contributed by atoms with E-state index in [9.17, 15) is 0 Å². The molecule has 0 atom stereocenters. The number of hydrogen-bond donors (Lipinski definition) is 1. The molecule has 0 amide bonds. The minimum atomic E-state index is 0.293. The summed E-state index contributed by atoms with van der Waals surface area (Å²) in [7, 11) is 0. The molecule has 0 unspecified atom stereocenters. The highest BCUT2D eigenvalue weighted by molar-refractivity contribution is 4.94. The smallest absolute Gasteiger partial charge is 0.00991 e. The van der Waals surface area contributed by atoms with Crippen molar-refractivity contribution in [1.82, 2.24) is 5.32 Å². The molecular formula is C10H21N. The minimum Gasteiger partial charge on any atom is -0.309 e. The van der Waals surface area contributed by atoms with Crippen LogP contribution in [0, 0.1) is 5.41 Å². The van der Waals surface area contributed by atoms with E-state index in [1.54, 1.807) is 0 Å². The van der Waals surface area contributed by atoms with Gasteiger partial charge >= 0.3 is 0 Å². The van der Waals surface area contributed by atoms with Gasteiger partial charge < -0.3 is 5.32 Å². The molecule has 1 rings (SSSR count). The normalized spacial score (nSPS) is 24.8. The van der Waals surface area contributed by atoms with Crippen molar-refractivity contribution in [3.8, 4) is 0 Å². The second-order valence-electron chi connectivity index (χ2n) is 5.66. The third-order valence-corrected chi connectivity index (χ3v) is 2.24. The summed E-state index contributed by atoms with van der Waals surface area (Å²) in [6.07, 6.45) is 2.68. The Morgan fingerprint density at radius 2 is 1.64 bits per heavy atom. The number of nitrogens with one attached hydrogen (secondary N) is 1. The maximum Gasteiger partial charge on any atom is 0.00991 e. The van der Waals surface area contributed by atoms with Gasteiger partial charge in [0.05, 0.1) is 0 Å². The summed E-state index contributed by atoms with van der Waals surface area (Å²) in [5, 5.41) is 3.61. The average molecular weight is 155 g/mol. The van der Waals surface area contributed by atoms with Gasteiger partial charge in [-0.05, 0) is 39.0 Å². The summed E-state index contributed by atoms with van der Waals surface area (Å²) in [5.74, 6) is 0. The maximum atomic E-state index is 3.61. The van der Waals surface area contributed by atoms with Gasteiger partial charge in [-0.15, -0.1) is 0 Å². The van der Waals surface area contributed by atoms with E-state index in [2.05, 4.69) is 39.9 Å². The third-order valence-electron chi connectivity index (χ3n) is 2.24. The number of hydrogen-bond acceptors (Lipinski definition) is 1. The Kier molecular flexibility index (Phi) is 2.04. The van der Waals surface area contributed by atoms with E-state index in [4.69, 9.17) is 0 Å². The van der Waals surface area contributed by atoms with E-state index in [-0.39, 0.29) is 0 Å². The molecule has 1 aliphatic rings. The predicted octanol–water partition coefficient (Wildman–Crippen LogP) is 2.56. The van der Waals surface area contributed by atoms with E-state index in [0.717, 1.165) is 6.04 Å². The average Bonchev–Trinajstić information content (AvgIpc) is 1.53. The lowest BCUT2D eigenvalue weighted by atomic mass is 9.68. The Balaban J connectivity index is 2.24. The van der Waals surface area contributed by atoms with Crippen LogP contribution in [-0.2, 0) is 0 Å². The molecule has 1 nitrogen and oxygen atoms in total. The van der Waals surface area contributed by atoms with Gasteiger partial charge in [-0.1, -0.05) is 13.8 Å².